The van der Waals surface area contributed by atoms with Crippen LogP contribution in [0.5, 0.6) is 0 Å². The molecule has 1 heterocycles. The van der Waals surface area contributed by atoms with Gasteiger partial charge in [0, 0.05) is 19.3 Å². The molecule has 1 N–H and O–H groups in total. The van der Waals surface area contributed by atoms with Crippen LogP contribution in [-0.4, -0.2) is 32.5 Å². The largest absolute Gasteiger partial charge is 1.00 e. The predicted molar refractivity (Wildman–Crippen MR) is 82.3 cm³/mol. The summed E-state index contributed by atoms with van der Waals surface area (Å²) in [7, 11) is 1.84. The summed E-state index contributed by atoms with van der Waals surface area (Å²) in [6.45, 7) is 1.71. The minimum atomic E-state index is 0. The van der Waals surface area contributed by atoms with Gasteiger partial charge in [-0.05, 0) is 41.1 Å². The number of halogens is 3. The van der Waals surface area contributed by atoms with E-state index < -0.39 is 0 Å². The molecule has 1 aromatic heterocycles. The number of aromatic nitrogens is 4. The highest BCUT2D eigenvalue weighted by atomic mass is 35.5. The fourth-order valence-corrected chi connectivity index (χ4v) is 2.70. The summed E-state index contributed by atoms with van der Waals surface area (Å²) in [5.41, 5.74) is 1.13. The Morgan fingerprint density at radius 1 is 1.29 bits per heavy atom. The van der Waals surface area contributed by atoms with Gasteiger partial charge in [-0.25, -0.2) is 4.68 Å². The van der Waals surface area contributed by atoms with E-state index in [1.807, 2.05) is 25.2 Å². The molecule has 0 fully saturated rings. The number of nitrogens with one attached hydrogen (secondary N) is 1. The SMILES string of the molecule is Cn1nnnc1SCCCNCc1ccc(Cl)c(Cl)c1.[Cl-]. The number of hydrogen-bond acceptors (Lipinski definition) is 5. The van der Waals surface area contributed by atoms with Crippen LogP contribution in [0.15, 0.2) is 23.4 Å². The summed E-state index contributed by atoms with van der Waals surface area (Å²) in [5.74, 6) is 0.975. The van der Waals surface area contributed by atoms with E-state index in [9.17, 15) is 0 Å². The van der Waals surface area contributed by atoms with Gasteiger partial charge in [0.2, 0.25) is 5.16 Å². The number of rotatable bonds is 7. The molecular weight excluding hydrogens is 353 g/mol. The van der Waals surface area contributed by atoms with Crippen molar-refractivity contribution in [2.75, 3.05) is 12.3 Å². The lowest BCUT2D eigenvalue weighted by atomic mass is 10.2. The van der Waals surface area contributed by atoms with Crippen LogP contribution in [0.2, 0.25) is 10.0 Å². The van der Waals surface area contributed by atoms with Crippen molar-refractivity contribution >= 4 is 35.0 Å². The molecule has 0 unspecified atom stereocenters. The maximum atomic E-state index is 5.96. The first-order chi connectivity index (χ1) is 9.66. The molecule has 0 amide bonds. The van der Waals surface area contributed by atoms with Gasteiger partial charge < -0.3 is 17.7 Å². The maximum Gasteiger partial charge on any atom is 0.209 e. The molecule has 5 nitrogen and oxygen atoms in total. The molecule has 0 aliphatic carbocycles. The van der Waals surface area contributed by atoms with Gasteiger partial charge in [-0.2, -0.15) is 0 Å². The standard InChI is InChI=1S/C12H15Cl2N5S.ClH/c1-19-12(16-17-18-19)20-6-2-5-15-8-9-3-4-10(13)11(14)7-9;/h3-4,7,15H,2,5-6,8H2,1H3;1H/p-1. The minimum absolute atomic E-state index is 0. The van der Waals surface area contributed by atoms with Gasteiger partial charge in [-0.15, -0.1) is 5.10 Å². The van der Waals surface area contributed by atoms with Crippen LogP contribution in [0.3, 0.4) is 0 Å². The Labute approximate surface area is 144 Å². The second kappa shape index (κ2) is 9.48. The molecule has 0 bridgehead atoms. The minimum Gasteiger partial charge on any atom is -1.00 e. The maximum absolute atomic E-state index is 5.96. The highest BCUT2D eigenvalue weighted by molar-refractivity contribution is 7.99. The summed E-state index contributed by atoms with van der Waals surface area (Å²) in [5, 5.41) is 16.7. The van der Waals surface area contributed by atoms with E-state index in [-0.39, 0.29) is 12.4 Å². The molecular formula is C12H15Cl3N5S-. The van der Waals surface area contributed by atoms with Crippen LogP contribution in [-0.2, 0) is 13.6 Å². The zero-order valence-electron chi connectivity index (χ0n) is 11.4. The molecule has 2 rings (SSSR count). The molecule has 0 saturated carbocycles. The van der Waals surface area contributed by atoms with Crippen LogP contribution in [0.1, 0.15) is 12.0 Å². The van der Waals surface area contributed by atoms with Crippen molar-refractivity contribution in [1.82, 2.24) is 25.5 Å². The highest BCUT2D eigenvalue weighted by Gasteiger charge is 2.02. The average molecular weight is 368 g/mol. The average Bonchev–Trinajstić information content (AvgIpc) is 2.83. The Morgan fingerprint density at radius 3 is 2.76 bits per heavy atom. The van der Waals surface area contributed by atoms with E-state index in [4.69, 9.17) is 23.2 Å². The van der Waals surface area contributed by atoms with Gasteiger partial charge in [0.15, 0.2) is 0 Å². The van der Waals surface area contributed by atoms with Gasteiger partial charge in [0.25, 0.3) is 0 Å². The lowest BCUT2D eigenvalue weighted by Crippen LogP contribution is -3.00. The molecule has 0 saturated heterocycles. The van der Waals surface area contributed by atoms with Crippen molar-refractivity contribution in [3.05, 3.63) is 33.8 Å². The quantitative estimate of drug-likeness (QED) is 0.542. The van der Waals surface area contributed by atoms with Gasteiger partial charge >= 0.3 is 0 Å². The Hall–Kier alpha value is -0.530. The summed E-state index contributed by atoms with van der Waals surface area (Å²) in [6, 6.07) is 5.68. The van der Waals surface area contributed by atoms with E-state index in [1.165, 1.54) is 0 Å². The van der Waals surface area contributed by atoms with Crippen molar-refractivity contribution in [2.45, 2.75) is 18.1 Å². The molecule has 1 aromatic carbocycles. The predicted octanol–water partition coefficient (Wildman–Crippen LogP) is -0.207. The number of thioether (sulfide) groups is 1. The van der Waals surface area contributed by atoms with Gasteiger partial charge in [-0.1, -0.05) is 41.0 Å². The van der Waals surface area contributed by atoms with Crippen molar-refractivity contribution in [2.24, 2.45) is 7.05 Å². The fourth-order valence-electron chi connectivity index (χ4n) is 1.59. The molecule has 116 valence electrons. The number of aryl methyl sites for hydroxylation is 1. The lowest BCUT2D eigenvalue weighted by molar-refractivity contribution is -0.00000415. The molecule has 0 spiro atoms. The first-order valence-electron chi connectivity index (χ1n) is 6.16. The molecule has 0 aliphatic rings. The third kappa shape index (κ3) is 6.00. The van der Waals surface area contributed by atoms with Crippen LogP contribution >= 0.6 is 35.0 Å². The van der Waals surface area contributed by atoms with Crippen molar-refractivity contribution < 1.29 is 12.4 Å². The topological polar surface area (TPSA) is 55.6 Å². The van der Waals surface area contributed by atoms with Crippen LogP contribution < -0.4 is 17.7 Å². The van der Waals surface area contributed by atoms with Crippen molar-refractivity contribution in [3.63, 3.8) is 0 Å². The van der Waals surface area contributed by atoms with Gasteiger partial charge in [-0.3, -0.25) is 0 Å². The molecule has 0 atom stereocenters. The normalized spacial score (nSPS) is 10.4. The Kier molecular flexibility index (Phi) is 8.36. The summed E-state index contributed by atoms with van der Waals surface area (Å²) in [6.07, 6.45) is 1.04. The monoisotopic (exact) mass is 366 g/mol. The smallest absolute Gasteiger partial charge is 0.209 e. The van der Waals surface area contributed by atoms with Crippen LogP contribution in [0.25, 0.3) is 0 Å². The first kappa shape index (κ1) is 18.5. The van der Waals surface area contributed by atoms with Gasteiger partial charge in [0.1, 0.15) is 0 Å². The van der Waals surface area contributed by atoms with Gasteiger partial charge in [0.05, 0.1) is 10.0 Å². The molecule has 0 aliphatic heterocycles. The number of tetrazole rings is 1. The van der Waals surface area contributed by atoms with E-state index in [2.05, 4.69) is 20.8 Å². The first-order valence-corrected chi connectivity index (χ1v) is 7.91. The van der Waals surface area contributed by atoms with Crippen molar-refractivity contribution in [3.8, 4) is 0 Å². The summed E-state index contributed by atoms with van der Waals surface area (Å²) in [4.78, 5) is 0. The second-order valence-electron chi connectivity index (χ2n) is 4.21. The molecule has 2 aromatic rings. The van der Waals surface area contributed by atoms with Crippen molar-refractivity contribution in [1.29, 1.82) is 0 Å². The second-order valence-corrected chi connectivity index (χ2v) is 6.09. The third-order valence-electron chi connectivity index (χ3n) is 2.62. The lowest BCUT2D eigenvalue weighted by Gasteiger charge is -2.05. The zero-order valence-corrected chi connectivity index (χ0v) is 14.5. The summed E-state index contributed by atoms with van der Waals surface area (Å²) < 4.78 is 1.67. The van der Waals surface area contributed by atoms with Crippen LogP contribution in [0.4, 0.5) is 0 Å². The fraction of sp³-hybridized carbons (Fsp3) is 0.417. The number of hydrogen-bond donors (Lipinski definition) is 1. The van der Waals surface area contributed by atoms with E-state index >= 15 is 0 Å². The summed E-state index contributed by atoms with van der Waals surface area (Å²) >= 11 is 13.5. The molecule has 0 radical (unpaired) electrons. The Bertz CT molecular complexity index is 564. The van der Waals surface area contributed by atoms with E-state index in [0.29, 0.717) is 10.0 Å². The zero-order chi connectivity index (χ0) is 14.4. The van der Waals surface area contributed by atoms with Crippen LogP contribution in [0, 0.1) is 0 Å². The third-order valence-corrected chi connectivity index (χ3v) is 4.46. The Morgan fingerprint density at radius 2 is 2.10 bits per heavy atom. The molecule has 21 heavy (non-hydrogen) atoms. The highest BCUT2D eigenvalue weighted by Crippen LogP contribution is 2.22. The Balaban J connectivity index is 0.00000220. The number of nitrogens with zero attached hydrogens (tertiary/aromatic N) is 4. The van der Waals surface area contributed by atoms with E-state index in [1.54, 1.807) is 16.4 Å². The number of benzene rings is 1. The van der Waals surface area contributed by atoms with E-state index in [0.717, 1.165) is 36.0 Å². The molecule has 9 heteroatoms.